The predicted molar refractivity (Wildman–Crippen MR) is 92.7 cm³/mol. The van der Waals surface area contributed by atoms with Crippen molar-refractivity contribution >= 4 is 0 Å². The van der Waals surface area contributed by atoms with Gasteiger partial charge in [-0.1, -0.05) is 26.2 Å². The quantitative estimate of drug-likeness (QED) is 0.720. The Morgan fingerprint density at radius 2 is 1.92 bits per heavy atom. The zero-order valence-corrected chi connectivity index (χ0v) is 15.2. The molecule has 0 aromatic carbocycles. The highest BCUT2D eigenvalue weighted by Gasteiger charge is 2.31. The minimum absolute atomic E-state index is 0.326. The Bertz CT molecular complexity index is 479. The second-order valence-corrected chi connectivity index (χ2v) is 7.07. The summed E-state index contributed by atoms with van der Waals surface area (Å²) in [5, 5.41) is 12.4. The number of piperazine rings is 1. The molecule has 0 bridgehead atoms. The van der Waals surface area contributed by atoms with Crippen LogP contribution in [0.2, 0.25) is 0 Å². The van der Waals surface area contributed by atoms with E-state index in [9.17, 15) is 0 Å². The maximum atomic E-state index is 5.19. The summed E-state index contributed by atoms with van der Waals surface area (Å²) in [5.41, 5.74) is 0. The smallest absolute Gasteiger partial charge is 0.168 e. The molecule has 136 valence electrons. The van der Waals surface area contributed by atoms with Gasteiger partial charge in [0.25, 0.3) is 0 Å². The Morgan fingerprint density at radius 1 is 1.17 bits per heavy atom. The first-order valence-corrected chi connectivity index (χ1v) is 9.56. The molecule has 2 heterocycles. The number of nitrogens with zero attached hydrogens (tertiary/aromatic N) is 6. The van der Waals surface area contributed by atoms with Gasteiger partial charge < -0.3 is 4.74 Å². The van der Waals surface area contributed by atoms with Crippen molar-refractivity contribution in [3.8, 4) is 0 Å². The van der Waals surface area contributed by atoms with E-state index in [2.05, 4.69) is 32.2 Å². The van der Waals surface area contributed by atoms with Gasteiger partial charge in [-0.25, -0.2) is 4.68 Å². The van der Waals surface area contributed by atoms with Crippen LogP contribution >= 0.6 is 0 Å². The fourth-order valence-electron chi connectivity index (χ4n) is 4.22. The van der Waals surface area contributed by atoms with Gasteiger partial charge in [-0.05, 0) is 29.7 Å². The normalized spacial score (nSPS) is 22.2. The molecule has 1 saturated carbocycles. The first-order chi connectivity index (χ1) is 11.8. The van der Waals surface area contributed by atoms with Gasteiger partial charge in [-0.15, -0.1) is 5.10 Å². The highest BCUT2D eigenvalue weighted by atomic mass is 16.5. The molecule has 2 fully saturated rings. The lowest BCUT2D eigenvalue weighted by Crippen LogP contribution is -2.50. The fraction of sp³-hybridized carbons (Fsp3) is 0.941. The molecule has 3 rings (SSSR count). The van der Waals surface area contributed by atoms with E-state index in [1.165, 1.54) is 38.8 Å². The van der Waals surface area contributed by atoms with E-state index in [1.807, 2.05) is 4.68 Å². The van der Waals surface area contributed by atoms with Crippen molar-refractivity contribution in [2.24, 2.45) is 0 Å². The zero-order chi connectivity index (χ0) is 16.8. The minimum atomic E-state index is 0.326. The average Bonchev–Trinajstić information content (AvgIpc) is 3.30. The van der Waals surface area contributed by atoms with Crippen LogP contribution in [0, 0.1) is 0 Å². The molecule has 0 unspecified atom stereocenters. The van der Waals surface area contributed by atoms with Gasteiger partial charge >= 0.3 is 0 Å². The Balaban J connectivity index is 1.62. The van der Waals surface area contributed by atoms with Crippen LogP contribution in [-0.2, 0) is 11.3 Å². The molecular weight excluding hydrogens is 304 g/mol. The maximum Gasteiger partial charge on any atom is 0.168 e. The molecule has 0 radical (unpaired) electrons. The Kier molecular flexibility index (Phi) is 6.57. The van der Waals surface area contributed by atoms with Crippen molar-refractivity contribution in [3.05, 3.63) is 5.82 Å². The number of rotatable bonds is 8. The highest BCUT2D eigenvalue weighted by Crippen LogP contribution is 2.28. The summed E-state index contributed by atoms with van der Waals surface area (Å²) < 4.78 is 7.11. The van der Waals surface area contributed by atoms with Gasteiger partial charge in [-0.2, -0.15) is 0 Å². The molecule has 1 aromatic heterocycles. The summed E-state index contributed by atoms with van der Waals surface area (Å²) in [5.74, 6) is 1.00. The van der Waals surface area contributed by atoms with Gasteiger partial charge in [0.2, 0.25) is 0 Å². The zero-order valence-electron chi connectivity index (χ0n) is 15.2. The molecule has 0 spiro atoms. The molecule has 1 atom stereocenters. The van der Waals surface area contributed by atoms with Crippen molar-refractivity contribution in [3.63, 3.8) is 0 Å². The lowest BCUT2D eigenvalue weighted by molar-refractivity contribution is 0.0619. The van der Waals surface area contributed by atoms with Crippen LogP contribution < -0.4 is 0 Å². The molecule has 1 aliphatic carbocycles. The third-order valence-corrected chi connectivity index (χ3v) is 5.56. The minimum Gasteiger partial charge on any atom is -0.383 e. The monoisotopic (exact) mass is 336 g/mol. The van der Waals surface area contributed by atoms with E-state index in [0.717, 1.165) is 44.3 Å². The molecule has 7 nitrogen and oxygen atoms in total. The van der Waals surface area contributed by atoms with Crippen molar-refractivity contribution < 1.29 is 4.74 Å². The molecule has 1 aliphatic heterocycles. The molecule has 0 amide bonds. The fourth-order valence-corrected chi connectivity index (χ4v) is 4.22. The Labute approximate surface area is 145 Å². The average molecular weight is 336 g/mol. The first-order valence-electron chi connectivity index (χ1n) is 9.56. The third-order valence-electron chi connectivity index (χ3n) is 5.56. The van der Waals surface area contributed by atoms with E-state index < -0.39 is 0 Å². The number of hydrogen-bond donors (Lipinski definition) is 0. The van der Waals surface area contributed by atoms with Crippen molar-refractivity contribution in [1.82, 2.24) is 30.0 Å². The number of tetrazole rings is 1. The van der Waals surface area contributed by atoms with E-state index in [-0.39, 0.29) is 0 Å². The molecule has 1 aromatic rings. The van der Waals surface area contributed by atoms with Gasteiger partial charge in [0.15, 0.2) is 5.82 Å². The van der Waals surface area contributed by atoms with Crippen LogP contribution in [0.25, 0.3) is 0 Å². The summed E-state index contributed by atoms with van der Waals surface area (Å²) in [6.45, 7) is 8.23. The SMILES string of the molecule is CCC[C@H](c1nnnn1CCOC)N1CCN(C2CCCC2)CC1. The van der Waals surface area contributed by atoms with E-state index in [1.54, 1.807) is 7.11 Å². The second-order valence-electron chi connectivity index (χ2n) is 7.07. The van der Waals surface area contributed by atoms with Crippen LogP contribution in [0.15, 0.2) is 0 Å². The highest BCUT2D eigenvalue weighted by molar-refractivity contribution is 4.95. The molecular formula is C17H32N6O. The molecule has 0 N–H and O–H groups in total. The number of methoxy groups -OCH3 is 1. The third kappa shape index (κ3) is 4.13. The van der Waals surface area contributed by atoms with Gasteiger partial charge in [0, 0.05) is 39.3 Å². The maximum absolute atomic E-state index is 5.19. The van der Waals surface area contributed by atoms with Crippen LogP contribution in [0.1, 0.15) is 57.3 Å². The van der Waals surface area contributed by atoms with E-state index in [4.69, 9.17) is 4.74 Å². The van der Waals surface area contributed by atoms with E-state index >= 15 is 0 Å². The van der Waals surface area contributed by atoms with Gasteiger partial charge in [0.1, 0.15) is 0 Å². The standard InChI is InChI=1S/C17H32N6O/c1-3-6-16(17-18-19-20-23(17)13-14-24-2)22-11-9-21(10-12-22)15-7-4-5-8-15/h15-16H,3-14H2,1-2H3/t16-/m1/s1. The summed E-state index contributed by atoms with van der Waals surface area (Å²) in [7, 11) is 1.72. The van der Waals surface area contributed by atoms with E-state index in [0.29, 0.717) is 12.6 Å². The summed E-state index contributed by atoms with van der Waals surface area (Å²) in [6.07, 6.45) is 7.87. The molecule has 2 aliphatic rings. The lowest BCUT2D eigenvalue weighted by atomic mass is 10.1. The number of aromatic nitrogens is 4. The van der Waals surface area contributed by atoms with Crippen LogP contribution in [0.3, 0.4) is 0 Å². The van der Waals surface area contributed by atoms with Crippen LogP contribution in [0.5, 0.6) is 0 Å². The summed E-state index contributed by atoms with van der Waals surface area (Å²) in [6, 6.07) is 1.16. The lowest BCUT2D eigenvalue weighted by Gasteiger charge is -2.41. The number of ether oxygens (including phenoxy) is 1. The van der Waals surface area contributed by atoms with Crippen LogP contribution in [-0.4, -0.2) is 75.9 Å². The van der Waals surface area contributed by atoms with Crippen molar-refractivity contribution in [2.75, 3.05) is 39.9 Å². The second kappa shape index (κ2) is 8.87. The largest absolute Gasteiger partial charge is 0.383 e. The first kappa shape index (κ1) is 17.8. The summed E-state index contributed by atoms with van der Waals surface area (Å²) >= 11 is 0. The topological polar surface area (TPSA) is 59.3 Å². The van der Waals surface area contributed by atoms with Crippen LogP contribution in [0.4, 0.5) is 0 Å². The Morgan fingerprint density at radius 3 is 2.58 bits per heavy atom. The number of hydrogen-bond acceptors (Lipinski definition) is 6. The molecule has 24 heavy (non-hydrogen) atoms. The summed E-state index contributed by atoms with van der Waals surface area (Å²) in [4.78, 5) is 5.30. The molecule has 7 heteroatoms. The van der Waals surface area contributed by atoms with Gasteiger partial charge in [-0.3, -0.25) is 9.80 Å². The Hall–Kier alpha value is -1.05. The molecule has 1 saturated heterocycles. The van der Waals surface area contributed by atoms with Gasteiger partial charge in [0.05, 0.1) is 19.2 Å². The predicted octanol–water partition coefficient (Wildman–Crippen LogP) is 1.72. The van der Waals surface area contributed by atoms with Crippen molar-refractivity contribution in [2.45, 2.75) is 64.1 Å². The van der Waals surface area contributed by atoms with Crippen molar-refractivity contribution in [1.29, 1.82) is 0 Å².